The van der Waals surface area contributed by atoms with Gasteiger partial charge in [0.2, 0.25) is 5.13 Å². The highest BCUT2D eigenvalue weighted by Crippen LogP contribution is 2.40. The number of carboxylic acids is 1. The SMILES string of the molecule is CC1CCCN(c2nc(C3CC3)ns2)C1C(=O)O. The number of piperidine rings is 1. The summed E-state index contributed by atoms with van der Waals surface area (Å²) in [7, 11) is 0. The lowest BCUT2D eigenvalue weighted by Crippen LogP contribution is -2.49. The highest BCUT2D eigenvalue weighted by Gasteiger charge is 2.37. The Kier molecular flexibility index (Phi) is 2.97. The fourth-order valence-corrected chi connectivity index (χ4v) is 3.44. The van der Waals surface area contributed by atoms with Crippen molar-refractivity contribution < 1.29 is 9.90 Å². The molecular weight excluding hydrogens is 250 g/mol. The van der Waals surface area contributed by atoms with E-state index in [9.17, 15) is 9.90 Å². The summed E-state index contributed by atoms with van der Waals surface area (Å²) in [5.74, 6) is 0.868. The summed E-state index contributed by atoms with van der Waals surface area (Å²) in [6, 6.07) is -0.446. The topological polar surface area (TPSA) is 66.3 Å². The van der Waals surface area contributed by atoms with Crippen molar-refractivity contribution in [2.24, 2.45) is 5.92 Å². The summed E-state index contributed by atoms with van der Waals surface area (Å²) >= 11 is 1.35. The molecule has 1 saturated heterocycles. The molecule has 2 atom stereocenters. The lowest BCUT2D eigenvalue weighted by Gasteiger charge is -2.36. The van der Waals surface area contributed by atoms with Crippen molar-refractivity contribution >= 4 is 22.6 Å². The van der Waals surface area contributed by atoms with Gasteiger partial charge >= 0.3 is 5.97 Å². The molecule has 2 unspecified atom stereocenters. The summed E-state index contributed by atoms with van der Waals surface area (Å²) in [6.07, 6.45) is 4.36. The van der Waals surface area contributed by atoms with Crippen LogP contribution in [0.3, 0.4) is 0 Å². The van der Waals surface area contributed by atoms with Gasteiger partial charge in [-0.3, -0.25) is 0 Å². The molecular formula is C12H17N3O2S. The van der Waals surface area contributed by atoms with Crippen molar-refractivity contribution in [1.82, 2.24) is 9.36 Å². The lowest BCUT2D eigenvalue weighted by atomic mass is 9.91. The van der Waals surface area contributed by atoms with Crippen molar-refractivity contribution in [2.75, 3.05) is 11.4 Å². The maximum Gasteiger partial charge on any atom is 0.326 e. The van der Waals surface area contributed by atoms with Gasteiger partial charge in [0, 0.05) is 24.0 Å². The van der Waals surface area contributed by atoms with Crippen molar-refractivity contribution in [3.63, 3.8) is 0 Å². The molecule has 5 nitrogen and oxygen atoms in total. The maximum atomic E-state index is 11.4. The monoisotopic (exact) mass is 267 g/mol. The Bertz CT molecular complexity index is 458. The summed E-state index contributed by atoms with van der Waals surface area (Å²) in [6.45, 7) is 2.79. The number of aliphatic carboxylic acids is 1. The normalized spacial score (nSPS) is 28.4. The maximum absolute atomic E-state index is 11.4. The Morgan fingerprint density at radius 1 is 1.44 bits per heavy atom. The van der Waals surface area contributed by atoms with Crippen LogP contribution in [-0.2, 0) is 4.79 Å². The molecule has 0 spiro atoms. The van der Waals surface area contributed by atoms with E-state index in [0.29, 0.717) is 5.92 Å². The van der Waals surface area contributed by atoms with Gasteiger partial charge in [-0.15, -0.1) is 0 Å². The second kappa shape index (κ2) is 4.50. The molecule has 1 aliphatic carbocycles. The fourth-order valence-electron chi connectivity index (χ4n) is 2.63. The summed E-state index contributed by atoms with van der Waals surface area (Å²) < 4.78 is 4.37. The summed E-state index contributed by atoms with van der Waals surface area (Å²) in [5.41, 5.74) is 0. The molecule has 98 valence electrons. The first-order valence-corrected chi connectivity index (χ1v) is 7.27. The van der Waals surface area contributed by atoms with Gasteiger partial charge < -0.3 is 10.0 Å². The van der Waals surface area contributed by atoms with E-state index in [1.807, 2.05) is 11.8 Å². The standard InChI is InChI=1S/C12H17N3O2S/c1-7-3-2-6-15(9(7)11(16)17)12-13-10(14-18-12)8-4-5-8/h7-9H,2-6H2,1H3,(H,16,17). The lowest BCUT2D eigenvalue weighted by molar-refractivity contribution is -0.140. The van der Waals surface area contributed by atoms with Crippen LogP contribution >= 0.6 is 11.5 Å². The van der Waals surface area contributed by atoms with E-state index in [0.717, 1.165) is 30.3 Å². The quantitative estimate of drug-likeness (QED) is 0.908. The van der Waals surface area contributed by atoms with E-state index >= 15 is 0 Å². The molecule has 1 saturated carbocycles. The zero-order chi connectivity index (χ0) is 12.7. The molecule has 2 fully saturated rings. The molecule has 3 rings (SSSR count). The van der Waals surface area contributed by atoms with E-state index in [1.54, 1.807) is 0 Å². The summed E-state index contributed by atoms with van der Waals surface area (Å²) in [4.78, 5) is 17.9. The van der Waals surface area contributed by atoms with Gasteiger partial charge in [-0.2, -0.15) is 4.37 Å². The molecule has 1 aromatic rings. The smallest absolute Gasteiger partial charge is 0.326 e. The number of hydrogen-bond acceptors (Lipinski definition) is 5. The second-order valence-electron chi connectivity index (χ2n) is 5.31. The highest BCUT2D eigenvalue weighted by atomic mass is 32.1. The highest BCUT2D eigenvalue weighted by molar-refractivity contribution is 7.09. The van der Waals surface area contributed by atoms with Crippen LogP contribution in [0.5, 0.6) is 0 Å². The largest absolute Gasteiger partial charge is 0.480 e. The van der Waals surface area contributed by atoms with Crippen LogP contribution < -0.4 is 4.90 Å². The Labute approximate surface area is 110 Å². The first-order valence-electron chi connectivity index (χ1n) is 6.50. The number of anilines is 1. The number of hydrogen-bond donors (Lipinski definition) is 1. The molecule has 2 heterocycles. The van der Waals surface area contributed by atoms with E-state index in [4.69, 9.17) is 0 Å². The Morgan fingerprint density at radius 2 is 2.22 bits per heavy atom. The van der Waals surface area contributed by atoms with Gasteiger partial charge in [-0.25, -0.2) is 9.78 Å². The number of aromatic nitrogens is 2. The third-order valence-electron chi connectivity index (χ3n) is 3.81. The minimum absolute atomic E-state index is 0.171. The number of carboxylic acid groups (broad SMARTS) is 1. The molecule has 1 aliphatic heterocycles. The Balaban J connectivity index is 1.84. The minimum Gasteiger partial charge on any atom is -0.480 e. The van der Waals surface area contributed by atoms with Crippen LogP contribution in [0.2, 0.25) is 0 Å². The fraction of sp³-hybridized carbons (Fsp3) is 0.750. The van der Waals surface area contributed by atoms with Crippen molar-refractivity contribution in [3.05, 3.63) is 5.82 Å². The zero-order valence-corrected chi connectivity index (χ0v) is 11.2. The van der Waals surface area contributed by atoms with E-state index in [2.05, 4.69) is 9.36 Å². The molecule has 0 radical (unpaired) electrons. The van der Waals surface area contributed by atoms with Crippen molar-refractivity contribution in [1.29, 1.82) is 0 Å². The number of carbonyl (C=O) groups is 1. The first kappa shape index (κ1) is 11.9. The van der Waals surface area contributed by atoms with Crippen LogP contribution in [0.15, 0.2) is 0 Å². The van der Waals surface area contributed by atoms with Crippen molar-refractivity contribution in [2.45, 2.75) is 44.6 Å². The zero-order valence-electron chi connectivity index (χ0n) is 10.4. The number of nitrogens with zero attached hydrogens (tertiary/aromatic N) is 3. The summed E-state index contributed by atoms with van der Waals surface area (Å²) in [5, 5.41) is 10.2. The van der Waals surface area contributed by atoms with Gasteiger partial charge in [0.05, 0.1) is 0 Å². The van der Waals surface area contributed by atoms with E-state index in [-0.39, 0.29) is 5.92 Å². The van der Waals surface area contributed by atoms with Crippen LogP contribution in [0, 0.1) is 5.92 Å². The predicted molar refractivity (Wildman–Crippen MR) is 69.1 cm³/mol. The Hall–Kier alpha value is -1.17. The molecule has 0 aromatic carbocycles. The molecule has 1 N–H and O–H groups in total. The van der Waals surface area contributed by atoms with Crippen LogP contribution in [-0.4, -0.2) is 33.0 Å². The third kappa shape index (κ3) is 2.09. The van der Waals surface area contributed by atoms with E-state index < -0.39 is 12.0 Å². The van der Waals surface area contributed by atoms with Gasteiger partial charge in [-0.1, -0.05) is 6.92 Å². The van der Waals surface area contributed by atoms with Gasteiger partial charge in [0.25, 0.3) is 0 Å². The third-order valence-corrected chi connectivity index (χ3v) is 4.57. The molecule has 1 aromatic heterocycles. The molecule has 0 amide bonds. The average molecular weight is 267 g/mol. The molecule has 2 aliphatic rings. The Morgan fingerprint density at radius 3 is 2.89 bits per heavy atom. The van der Waals surface area contributed by atoms with Gasteiger partial charge in [0.15, 0.2) is 0 Å². The molecule has 18 heavy (non-hydrogen) atoms. The minimum atomic E-state index is -0.745. The van der Waals surface area contributed by atoms with Crippen LogP contribution in [0.4, 0.5) is 5.13 Å². The first-order chi connectivity index (χ1) is 8.66. The second-order valence-corrected chi connectivity index (χ2v) is 6.04. The number of rotatable bonds is 3. The van der Waals surface area contributed by atoms with Crippen molar-refractivity contribution in [3.8, 4) is 0 Å². The molecule has 6 heteroatoms. The predicted octanol–water partition coefficient (Wildman–Crippen LogP) is 2.10. The average Bonchev–Trinajstić information content (AvgIpc) is 3.06. The van der Waals surface area contributed by atoms with Crippen LogP contribution in [0.25, 0.3) is 0 Å². The van der Waals surface area contributed by atoms with Gasteiger partial charge in [-0.05, 0) is 31.6 Å². The van der Waals surface area contributed by atoms with Crippen LogP contribution in [0.1, 0.15) is 44.3 Å². The van der Waals surface area contributed by atoms with Gasteiger partial charge in [0.1, 0.15) is 11.9 Å². The van der Waals surface area contributed by atoms with E-state index in [1.165, 1.54) is 24.4 Å². The molecule has 0 bridgehead atoms.